The first-order valence-corrected chi connectivity index (χ1v) is 5.32. The highest BCUT2D eigenvalue weighted by Gasteiger charge is 2.14. The molecule has 0 aliphatic heterocycles. The number of aromatic amines is 1. The highest BCUT2D eigenvalue weighted by Crippen LogP contribution is 2.24. The average molecular weight is 250 g/mol. The number of nitrogens with zero attached hydrogens (tertiary/aromatic N) is 2. The first-order chi connectivity index (χ1) is 8.66. The van der Waals surface area contributed by atoms with Gasteiger partial charge in [0.25, 0.3) is 5.69 Å². The number of anilines is 1. The summed E-state index contributed by atoms with van der Waals surface area (Å²) >= 11 is 0. The number of benzene rings is 1. The highest BCUT2D eigenvalue weighted by molar-refractivity contribution is 5.61. The lowest BCUT2D eigenvalue weighted by Gasteiger charge is -2.06. The maximum Gasteiger partial charge on any atom is 0.295 e. The summed E-state index contributed by atoms with van der Waals surface area (Å²) in [7, 11) is 0. The first kappa shape index (κ1) is 12.0. The van der Waals surface area contributed by atoms with E-state index in [2.05, 4.69) is 15.3 Å². The van der Waals surface area contributed by atoms with E-state index in [4.69, 9.17) is 0 Å². The molecular formula is C11H11FN4O2. The number of aromatic nitrogens is 2. The number of nitrogens with one attached hydrogen (secondary N) is 2. The van der Waals surface area contributed by atoms with Crippen LogP contribution < -0.4 is 5.32 Å². The van der Waals surface area contributed by atoms with E-state index in [1.54, 1.807) is 12.5 Å². The van der Waals surface area contributed by atoms with Crippen molar-refractivity contribution in [2.24, 2.45) is 0 Å². The molecule has 1 aromatic heterocycles. The van der Waals surface area contributed by atoms with Gasteiger partial charge >= 0.3 is 0 Å². The predicted octanol–water partition coefficient (Wildman–Crippen LogP) is 2.11. The monoisotopic (exact) mass is 250 g/mol. The summed E-state index contributed by atoms with van der Waals surface area (Å²) in [5.74, 6) is -0.624. The van der Waals surface area contributed by atoms with Gasteiger partial charge in [0.2, 0.25) is 0 Å². The van der Waals surface area contributed by atoms with Crippen LogP contribution in [-0.2, 0) is 6.42 Å². The normalized spacial score (nSPS) is 10.3. The molecule has 0 unspecified atom stereocenters. The summed E-state index contributed by atoms with van der Waals surface area (Å²) in [5.41, 5.74) is 0.966. The lowest BCUT2D eigenvalue weighted by atomic mass is 10.2. The Morgan fingerprint density at radius 3 is 3.00 bits per heavy atom. The molecule has 1 aromatic carbocycles. The van der Waals surface area contributed by atoms with E-state index in [1.807, 2.05) is 0 Å². The Morgan fingerprint density at radius 2 is 2.33 bits per heavy atom. The zero-order valence-corrected chi connectivity index (χ0v) is 9.39. The van der Waals surface area contributed by atoms with Gasteiger partial charge in [0.05, 0.1) is 17.3 Å². The van der Waals surface area contributed by atoms with E-state index in [-0.39, 0.29) is 5.69 Å². The Balaban J connectivity index is 2.02. The molecule has 18 heavy (non-hydrogen) atoms. The number of H-pyrrole nitrogens is 1. The van der Waals surface area contributed by atoms with Gasteiger partial charge in [0.1, 0.15) is 11.5 Å². The zero-order chi connectivity index (χ0) is 13.0. The molecule has 0 aliphatic rings. The molecule has 0 spiro atoms. The standard InChI is InChI=1S/C11H11FN4O2/c12-8-1-2-10(11(5-8)16(17)18)14-4-3-9-6-13-7-15-9/h1-2,5-7,14H,3-4H2,(H,13,15). The van der Waals surface area contributed by atoms with Gasteiger partial charge in [-0.05, 0) is 12.1 Å². The molecule has 0 radical (unpaired) electrons. The van der Waals surface area contributed by atoms with Crippen LogP contribution in [-0.4, -0.2) is 21.4 Å². The third kappa shape index (κ3) is 2.82. The van der Waals surface area contributed by atoms with Crippen LogP contribution in [0.15, 0.2) is 30.7 Å². The minimum Gasteiger partial charge on any atom is -0.379 e. The summed E-state index contributed by atoms with van der Waals surface area (Å²) in [6.45, 7) is 0.495. The molecule has 2 N–H and O–H groups in total. The number of rotatable bonds is 5. The molecule has 2 rings (SSSR count). The zero-order valence-electron chi connectivity index (χ0n) is 9.39. The van der Waals surface area contributed by atoms with Crippen molar-refractivity contribution in [2.45, 2.75) is 6.42 Å². The van der Waals surface area contributed by atoms with E-state index in [9.17, 15) is 14.5 Å². The minimum absolute atomic E-state index is 0.264. The lowest BCUT2D eigenvalue weighted by molar-refractivity contribution is -0.384. The van der Waals surface area contributed by atoms with Crippen molar-refractivity contribution in [3.8, 4) is 0 Å². The van der Waals surface area contributed by atoms with Crippen molar-refractivity contribution in [3.63, 3.8) is 0 Å². The molecule has 0 aliphatic carbocycles. The molecule has 0 saturated heterocycles. The number of hydrogen-bond donors (Lipinski definition) is 2. The fourth-order valence-electron chi connectivity index (χ4n) is 1.56. The summed E-state index contributed by atoms with van der Waals surface area (Å²) in [5, 5.41) is 13.7. The Morgan fingerprint density at radius 1 is 1.50 bits per heavy atom. The Kier molecular flexibility index (Phi) is 3.52. The summed E-state index contributed by atoms with van der Waals surface area (Å²) in [6.07, 6.45) is 3.89. The van der Waals surface area contributed by atoms with Crippen LogP contribution in [0.3, 0.4) is 0 Å². The molecule has 2 aromatic rings. The topological polar surface area (TPSA) is 83.8 Å². The van der Waals surface area contributed by atoms with Gasteiger partial charge in [-0.2, -0.15) is 0 Å². The number of imidazole rings is 1. The van der Waals surface area contributed by atoms with E-state index < -0.39 is 10.7 Å². The van der Waals surface area contributed by atoms with E-state index in [0.29, 0.717) is 18.7 Å². The van der Waals surface area contributed by atoms with Gasteiger partial charge < -0.3 is 10.3 Å². The van der Waals surface area contributed by atoms with Gasteiger partial charge in [-0.1, -0.05) is 0 Å². The summed E-state index contributed by atoms with van der Waals surface area (Å²) in [4.78, 5) is 16.9. The Bertz CT molecular complexity index is 542. The van der Waals surface area contributed by atoms with Gasteiger partial charge in [-0.25, -0.2) is 9.37 Å². The van der Waals surface area contributed by atoms with E-state index in [0.717, 1.165) is 11.8 Å². The van der Waals surface area contributed by atoms with Gasteiger partial charge in [-0.15, -0.1) is 0 Å². The van der Waals surface area contributed by atoms with E-state index in [1.165, 1.54) is 12.1 Å². The highest BCUT2D eigenvalue weighted by atomic mass is 19.1. The van der Waals surface area contributed by atoms with Gasteiger partial charge in [0.15, 0.2) is 0 Å². The molecular weight excluding hydrogens is 239 g/mol. The number of halogens is 1. The van der Waals surface area contributed by atoms with Crippen LogP contribution in [0.25, 0.3) is 0 Å². The van der Waals surface area contributed by atoms with Crippen LogP contribution in [0.1, 0.15) is 5.69 Å². The van der Waals surface area contributed by atoms with Crippen molar-refractivity contribution >= 4 is 11.4 Å². The van der Waals surface area contributed by atoms with Crippen LogP contribution in [0.5, 0.6) is 0 Å². The van der Waals surface area contributed by atoms with Crippen molar-refractivity contribution in [1.82, 2.24) is 9.97 Å². The third-order valence-electron chi connectivity index (χ3n) is 2.42. The number of nitro groups is 1. The quantitative estimate of drug-likeness (QED) is 0.628. The molecule has 0 bridgehead atoms. The smallest absolute Gasteiger partial charge is 0.295 e. The average Bonchev–Trinajstić information content (AvgIpc) is 2.84. The van der Waals surface area contributed by atoms with Gasteiger partial charge in [0, 0.05) is 24.9 Å². The number of hydrogen-bond acceptors (Lipinski definition) is 4. The van der Waals surface area contributed by atoms with Crippen LogP contribution >= 0.6 is 0 Å². The largest absolute Gasteiger partial charge is 0.379 e. The minimum atomic E-state index is -0.624. The lowest BCUT2D eigenvalue weighted by Crippen LogP contribution is -2.07. The maximum atomic E-state index is 12.9. The summed E-state index contributed by atoms with van der Waals surface area (Å²) < 4.78 is 12.9. The molecule has 7 heteroatoms. The second-order valence-electron chi connectivity index (χ2n) is 3.67. The molecule has 94 valence electrons. The van der Waals surface area contributed by atoms with Crippen molar-refractivity contribution < 1.29 is 9.31 Å². The van der Waals surface area contributed by atoms with Crippen LogP contribution in [0.4, 0.5) is 15.8 Å². The van der Waals surface area contributed by atoms with Crippen molar-refractivity contribution in [1.29, 1.82) is 0 Å². The Hall–Kier alpha value is -2.44. The number of nitro benzene ring substituents is 1. The van der Waals surface area contributed by atoms with Crippen LogP contribution in [0.2, 0.25) is 0 Å². The molecule has 6 nitrogen and oxygen atoms in total. The first-order valence-electron chi connectivity index (χ1n) is 5.32. The molecule has 1 heterocycles. The summed E-state index contributed by atoms with van der Waals surface area (Å²) in [6, 6.07) is 3.45. The second-order valence-corrected chi connectivity index (χ2v) is 3.67. The predicted molar refractivity (Wildman–Crippen MR) is 63.8 cm³/mol. The molecule has 0 saturated carbocycles. The molecule has 0 fully saturated rings. The van der Waals surface area contributed by atoms with Crippen molar-refractivity contribution in [3.05, 3.63) is 52.3 Å². The van der Waals surface area contributed by atoms with Crippen LogP contribution in [0, 0.1) is 15.9 Å². The fourth-order valence-corrected chi connectivity index (χ4v) is 1.56. The SMILES string of the molecule is O=[N+]([O-])c1cc(F)ccc1NCCc1cnc[nH]1. The Labute approximate surface area is 102 Å². The van der Waals surface area contributed by atoms with Gasteiger partial charge in [-0.3, -0.25) is 10.1 Å². The third-order valence-corrected chi connectivity index (χ3v) is 2.42. The van der Waals surface area contributed by atoms with E-state index >= 15 is 0 Å². The molecule has 0 atom stereocenters. The molecule has 0 amide bonds. The maximum absolute atomic E-state index is 12.9. The van der Waals surface area contributed by atoms with Crippen molar-refractivity contribution in [2.75, 3.05) is 11.9 Å². The fraction of sp³-hybridized carbons (Fsp3) is 0.182. The second kappa shape index (κ2) is 5.26.